The van der Waals surface area contributed by atoms with Gasteiger partial charge in [-0.3, -0.25) is 4.90 Å². The largest absolute Gasteiger partial charge is 0.315 e. The number of nitrogens with one attached hydrogen (secondary N) is 3. The summed E-state index contributed by atoms with van der Waals surface area (Å²) in [4.78, 5) is 2.56. The van der Waals surface area contributed by atoms with Crippen LogP contribution in [-0.2, 0) is 26.2 Å². The summed E-state index contributed by atoms with van der Waals surface area (Å²) in [5.74, 6) is -2.69. The van der Waals surface area contributed by atoms with E-state index in [0.717, 1.165) is 69.7 Å². The molecule has 4 nitrogen and oxygen atoms in total. The summed E-state index contributed by atoms with van der Waals surface area (Å²) in [5, 5.41) is 10.6. The first-order chi connectivity index (χ1) is 22.4. The topological polar surface area (TPSA) is 39.3 Å². The second kappa shape index (κ2) is 18.9. The van der Waals surface area contributed by atoms with Gasteiger partial charge in [-0.05, 0) is 83.5 Å². The minimum Gasteiger partial charge on any atom is -0.315 e. The SMILES string of the molecule is Cl.Cl.Cl.Cl.Fc1ccc([C@@H]2C[C@H]2NCc2ccc(CN(Cc3ccc(CN[C@@H]4C[C@H]4c4ccc(F)c(F)c4)cc3)C3CCNC3)cc2)cc1F. The Hall–Kier alpha value is -2.40. The first kappa shape index (κ1) is 42.0. The molecule has 7 rings (SSSR count). The van der Waals surface area contributed by atoms with Crippen LogP contribution in [0.5, 0.6) is 0 Å². The van der Waals surface area contributed by atoms with Crippen LogP contribution in [0.4, 0.5) is 17.6 Å². The summed E-state index contributed by atoms with van der Waals surface area (Å²) in [6.07, 6.45) is 3.00. The molecule has 3 N–H and O–H groups in total. The normalized spacial score (nSPS) is 21.7. The predicted molar refractivity (Wildman–Crippen MR) is 201 cm³/mol. The van der Waals surface area contributed by atoms with Crippen LogP contribution in [0.1, 0.15) is 64.5 Å². The van der Waals surface area contributed by atoms with Crippen molar-refractivity contribution < 1.29 is 17.6 Å². The van der Waals surface area contributed by atoms with E-state index in [1.165, 1.54) is 46.5 Å². The second-order valence-electron chi connectivity index (χ2n) is 13.2. The van der Waals surface area contributed by atoms with Crippen molar-refractivity contribution in [3.63, 3.8) is 0 Å². The molecular formula is C38H44Cl4F4N4. The minimum absolute atomic E-state index is 0. The van der Waals surface area contributed by atoms with Crippen LogP contribution in [0.2, 0.25) is 0 Å². The lowest BCUT2D eigenvalue weighted by Crippen LogP contribution is -2.35. The van der Waals surface area contributed by atoms with Gasteiger partial charge in [0.05, 0.1) is 0 Å². The Morgan fingerprint density at radius 1 is 0.560 bits per heavy atom. The van der Waals surface area contributed by atoms with Gasteiger partial charge in [-0.15, -0.1) is 49.6 Å². The van der Waals surface area contributed by atoms with Crippen molar-refractivity contribution in [2.45, 2.75) is 75.4 Å². The zero-order valence-corrected chi connectivity index (χ0v) is 30.7. The van der Waals surface area contributed by atoms with E-state index in [1.807, 2.05) is 0 Å². The molecule has 1 aliphatic heterocycles. The molecule has 12 heteroatoms. The molecule has 1 unspecified atom stereocenters. The van der Waals surface area contributed by atoms with E-state index in [-0.39, 0.29) is 73.5 Å². The van der Waals surface area contributed by atoms with Gasteiger partial charge in [0.1, 0.15) is 0 Å². The molecule has 2 aliphatic carbocycles. The molecule has 0 spiro atoms. The lowest BCUT2D eigenvalue weighted by Gasteiger charge is -2.28. The molecule has 0 amide bonds. The van der Waals surface area contributed by atoms with Crippen LogP contribution >= 0.6 is 49.6 Å². The van der Waals surface area contributed by atoms with E-state index in [0.29, 0.717) is 6.04 Å². The maximum Gasteiger partial charge on any atom is 0.159 e. The molecule has 1 saturated heterocycles. The molecule has 0 bridgehead atoms. The van der Waals surface area contributed by atoms with Crippen molar-refractivity contribution in [2.24, 2.45) is 0 Å². The number of rotatable bonds is 13. The van der Waals surface area contributed by atoms with Gasteiger partial charge in [-0.25, -0.2) is 17.6 Å². The lowest BCUT2D eigenvalue weighted by atomic mass is 10.1. The molecule has 3 aliphatic rings. The van der Waals surface area contributed by atoms with Crippen LogP contribution in [0.25, 0.3) is 0 Å². The van der Waals surface area contributed by atoms with Gasteiger partial charge < -0.3 is 16.0 Å². The van der Waals surface area contributed by atoms with E-state index in [1.54, 1.807) is 12.1 Å². The van der Waals surface area contributed by atoms with Gasteiger partial charge in [-0.1, -0.05) is 60.7 Å². The van der Waals surface area contributed by atoms with Crippen molar-refractivity contribution in [2.75, 3.05) is 13.1 Å². The zero-order chi connectivity index (χ0) is 31.6. The molecule has 272 valence electrons. The Balaban J connectivity index is 0.00000169. The number of benzene rings is 4. The first-order valence-electron chi connectivity index (χ1n) is 16.4. The summed E-state index contributed by atoms with van der Waals surface area (Å²) in [6.45, 7) is 5.26. The molecule has 2 saturated carbocycles. The average molecular weight is 775 g/mol. The summed E-state index contributed by atoms with van der Waals surface area (Å²) in [6, 6.07) is 27.1. The Morgan fingerprint density at radius 2 is 0.980 bits per heavy atom. The molecule has 0 aromatic heterocycles. The highest BCUT2D eigenvalue weighted by atomic mass is 35.5. The Kier molecular flexibility index (Phi) is 15.9. The summed E-state index contributed by atoms with van der Waals surface area (Å²) < 4.78 is 53.8. The molecule has 5 atom stereocenters. The fraction of sp³-hybridized carbons (Fsp3) is 0.368. The maximum absolute atomic E-state index is 13.6. The lowest BCUT2D eigenvalue weighted by molar-refractivity contribution is 0.190. The third kappa shape index (κ3) is 10.6. The highest BCUT2D eigenvalue weighted by Gasteiger charge is 2.39. The number of hydrogen-bond donors (Lipinski definition) is 3. The minimum atomic E-state index is -0.799. The number of halogens is 8. The monoisotopic (exact) mass is 772 g/mol. The van der Waals surface area contributed by atoms with Gasteiger partial charge >= 0.3 is 0 Å². The smallest absolute Gasteiger partial charge is 0.159 e. The third-order valence-electron chi connectivity index (χ3n) is 9.83. The molecule has 1 heterocycles. The number of nitrogens with zero attached hydrogens (tertiary/aromatic N) is 1. The van der Waals surface area contributed by atoms with Gasteiger partial charge in [-0.2, -0.15) is 0 Å². The second-order valence-corrected chi connectivity index (χ2v) is 13.2. The van der Waals surface area contributed by atoms with Crippen molar-refractivity contribution in [3.8, 4) is 0 Å². The Morgan fingerprint density at radius 3 is 1.36 bits per heavy atom. The quantitative estimate of drug-likeness (QED) is 0.119. The van der Waals surface area contributed by atoms with E-state index in [2.05, 4.69) is 69.4 Å². The van der Waals surface area contributed by atoms with Crippen LogP contribution in [0, 0.1) is 23.3 Å². The van der Waals surface area contributed by atoms with Crippen LogP contribution in [0.15, 0.2) is 84.9 Å². The summed E-state index contributed by atoms with van der Waals surface area (Å²) in [7, 11) is 0. The van der Waals surface area contributed by atoms with Crippen LogP contribution in [-0.4, -0.2) is 36.1 Å². The zero-order valence-electron chi connectivity index (χ0n) is 27.4. The fourth-order valence-electron chi connectivity index (χ4n) is 6.82. The number of hydrogen-bond acceptors (Lipinski definition) is 4. The van der Waals surface area contributed by atoms with E-state index >= 15 is 0 Å². The van der Waals surface area contributed by atoms with Gasteiger partial charge in [0.15, 0.2) is 23.3 Å². The van der Waals surface area contributed by atoms with Crippen molar-refractivity contribution in [3.05, 3.63) is 142 Å². The summed E-state index contributed by atoms with van der Waals surface area (Å²) >= 11 is 0. The van der Waals surface area contributed by atoms with Gasteiger partial charge in [0, 0.05) is 62.7 Å². The fourth-order valence-corrected chi connectivity index (χ4v) is 6.82. The van der Waals surface area contributed by atoms with Gasteiger partial charge in [0.25, 0.3) is 0 Å². The van der Waals surface area contributed by atoms with Crippen molar-refractivity contribution in [1.29, 1.82) is 0 Å². The third-order valence-corrected chi connectivity index (χ3v) is 9.83. The first-order valence-corrected chi connectivity index (χ1v) is 16.4. The molecule has 0 radical (unpaired) electrons. The van der Waals surface area contributed by atoms with Crippen molar-refractivity contribution in [1.82, 2.24) is 20.9 Å². The Bertz CT molecular complexity index is 1540. The predicted octanol–water partition coefficient (Wildman–Crippen LogP) is 8.59. The van der Waals surface area contributed by atoms with Crippen LogP contribution < -0.4 is 16.0 Å². The molecule has 4 aromatic carbocycles. The molecule has 3 fully saturated rings. The Labute approximate surface area is 316 Å². The summed E-state index contributed by atoms with van der Waals surface area (Å²) in [5.41, 5.74) is 6.69. The van der Waals surface area contributed by atoms with Crippen LogP contribution in [0.3, 0.4) is 0 Å². The highest BCUT2D eigenvalue weighted by Crippen LogP contribution is 2.42. The highest BCUT2D eigenvalue weighted by molar-refractivity contribution is 5.86. The van der Waals surface area contributed by atoms with E-state index in [4.69, 9.17) is 0 Å². The standard InChI is InChI=1S/C38H40F4N4.4ClH/c39-33-11-9-28(15-35(33)41)31-17-37(31)44-19-24-1-5-26(6-2-24)22-46(30-13-14-43-21-30)23-27-7-3-25(4-8-27)20-45-38-18-32(38)29-10-12-34(40)36(42)16-29;;;;/h1-12,15-16,30-32,37-38,43-45H,13-14,17-23H2;4*1H/t30?,31-,32-,37+,38+;;;;/m0..../s1. The van der Waals surface area contributed by atoms with Crippen molar-refractivity contribution >= 4 is 49.6 Å². The van der Waals surface area contributed by atoms with E-state index in [9.17, 15) is 17.6 Å². The van der Waals surface area contributed by atoms with E-state index < -0.39 is 23.3 Å². The molecule has 4 aromatic rings. The average Bonchev–Trinajstić information content (AvgIpc) is 3.97. The maximum atomic E-state index is 13.6. The van der Waals surface area contributed by atoms with Gasteiger partial charge in [0.2, 0.25) is 0 Å². The molecular weight excluding hydrogens is 730 g/mol. The molecule has 50 heavy (non-hydrogen) atoms.